The number of hydrogen-bond donors (Lipinski definition) is 0. The number of carbonyl (C=O) groups excluding carboxylic acids is 1. The summed E-state index contributed by atoms with van der Waals surface area (Å²) < 4.78 is 28.5. The first kappa shape index (κ1) is 11.7. The predicted molar refractivity (Wildman–Crippen MR) is 56.7 cm³/mol. The Balaban J connectivity index is 2.29. The molecular formula is C12H11F2NO2. The highest BCUT2D eigenvalue weighted by molar-refractivity contribution is 5.41. The maximum Gasteiger partial charge on any atom is 0.387 e. The van der Waals surface area contributed by atoms with Gasteiger partial charge in [-0.15, -0.1) is 0 Å². The summed E-state index contributed by atoms with van der Waals surface area (Å²) in [6.45, 7) is -2.85. The molecular weight excluding hydrogens is 228 g/mol. The van der Waals surface area contributed by atoms with E-state index in [-0.39, 0.29) is 5.75 Å². The number of benzene rings is 1. The molecule has 0 heterocycles. The molecule has 90 valence electrons. The molecule has 1 saturated carbocycles. The monoisotopic (exact) mass is 239 g/mol. The third-order valence-corrected chi connectivity index (χ3v) is 3.04. The third-order valence-electron chi connectivity index (χ3n) is 3.04. The van der Waals surface area contributed by atoms with Crippen LogP contribution in [-0.2, 0) is 10.3 Å². The molecule has 2 rings (SSSR count). The van der Waals surface area contributed by atoms with Crippen molar-refractivity contribution in [1.29, 1.82) is 0 Å². The van der Waals surface area contributed by atoms with Crippen LogP contribution in [0, 0.1) is 0 Å². The Labute approximate surface area is 97.1 Å². The predicted octanol–water partition coefficient (Wildman–Crippen LogP) is 3.00. The summed E-state index contributed by atoms with van der Waals surface area (Å²) in [5, 5.41) is 0. The van der Waals surface area contributed by atoms with E-state index in [9.17, 15) is 13.6 Å². The summed E-state index contributed by atoms with van der Waals surface area (Å²) in [7, 11) is 0. The Morgan fingerprint density at radius 3 is 2.71 bits per heavy atom. The van der Waals surface area contributed by atoms with Gasteiger partial charge in [0.2, 0.25) is 6.08 Å². The maximum absolute atomic E-state index is 12.1. The number of halogens is 2. The number of aliphatic imine (C=N–C) groups is 1. The summed E-state index contributed by atoms with van der Waals surface area (Å²) in [6, 6.07) is 6.34. The molecule has 1 aliphatic carbocycles. The average Bonchev–Trinajstić information content (AvgIpc) is 2.23. The number of rotatable bonds is 4. The molecule has 1 fully saturated rings. The van der Waals surface area contributed by atoms with Crippen LogP contribution in [0.5, 0.6) is 5.75 Å². The van der Waals surface area contributed by atoms with Crippen molar-refractivity contribution in [3.63, 3.8) is 0 Å². The second-order valence-electron chi connectivity index (χ2n) is 3.99. The number of hydrogen-bond acceptors (Lipinski definition) is 3. The number of ether oxygens (including phenoxy) is 1. The standard InChI is InChI=1S/C12H11F2NO2/c13-11(14)17-10-4-1-3-9(7-10)12(15-8-16)5-2-6-12/h1,3-4,7,11H,2,5-6H2. The normalized spacial score (nSPS) is 17.1. The van der Waals surface area contributed by atoms with E-state index < -0.39 is 12.2 Å². The number of isocyanates is 1. The van der Waals surface area contributed by atoms with Crippen LogP contribution in [0.15, 0.2) is 29.3 Å². The molecule has 0 aromatic heterocycles. The summed E-state index contributed by atoms with van der Waals surface area (Å²) in [5.74, 6) is 0.0878. The second kappa shape index (κ2) is 4.63. The highest BCUT2D eigenvalue weighted by Gasteiger charge is 2.39. The molecule has 0 atom stereocenters. The van der Waals surface area contributed by atoms with Gasteiger partial charge in [-0.1, -0.05) is 12.1 Å². The maximum atomic E-state index is 12.1. The van der Waals surface area contributed by atoms with Crippen LogP contribution in [0.1, 0.15) is 24.8 Å². The molecule has 0 unspecified atom stereocenters. The van der Waals surface area contributed by atoms with Crippen molar-refractivity contribution >= 4 is 6.08 Å². The van der Waals surface area contributed by atoms with Gasteiger partial charge >= 0.3 is 6.61 Å². The van der Waals surface area contributed by atoms with Gasteiger partial charge in [0.25, 0.3) is 0 Å². The van der Waals surface area contributed by atoms with E-state index in [0.29, 0.717) is 0 Å². The van der Waals surface area contributed by atoms with E-state index in [0.717, 1.165) is 24.8 Å². The molecule has 0 radical (unpaired) electrons. The van der Waals surface area contributed by atoms with Crippen LogP contribution in [0.3, 0.4) is 0 Å². The molecule has 0 aliphatic heterocycles. The third kappa shape index (κ3) is 2.34. The summed E-state index contributed by atoms with van der Waals surface area (Å²) in [5.41, 5.74) is 0.147. The molecule has 0 amide bonds. The highest BCUT2D eigenvalue weighted by Crippen LogP contribution is 2.45. The zero-order valence-corrected chi connectivity index (χ0v) is 9.03. The first-order chi connectivity index (χ1) is 8.16. The van der Waals surface area contributed by atoms with Crippen molar-refractivity contribution in [1.82, 2.24) is 0 Å². The van der Waals surface area contributed by atoms with Crippen LogP contribution < -0.4 is 4.74 Å². The zero-order valence-electron chi connectivity index (χ0n) is 9.03. The molecule has 3 nitrogen and oxygen atoms in total. The van der Waals surface area contributed by atoms with Gasteiger partial charge in [0, 0.05) is 0 Å². The van der Waals surface area contributed by atoms with Crippen molar-refractivity contribution < 1.29 is 18.3 Å². The summed E-state index contributed by atoms with van der Waals surface area (Å²) >= 11 is 0. The molecule has 5 heteroatoms. The first-order valence-corrected chi connectivity index (χ1v) is 5.31. The van der Waals surface area contributed by atoms with Crippen LogP contribution in [-0.4, -0.2) is 12.7 Å². The van der Waals surface area contributed by atoms with Crippen molar-refractivity contribution in [2.75, 3.05) is 0 Å². The summed E-state index contributed by atoms with van der Waals surface area (Å²) in [4.78, 5) is 14.2. The van der Waals surface area contributed by atoms with Crippen molar-refractivity contribution in [3.05, 3.63) is 29.8 Å². The largest absolute Gasteiger partial charge is 0.435 e. The van der Waals surface area contributed by atoms with Crippen molar-refractivity contribution in [2.24, 2.45) is 4.99 Å². The van der Waals surface area contributed by atoms with E-state index >= 15 is 0 Å². The first-order valence-electron chi connectivity index (χ1n) is 5.31. The van der Waals surface area contributed by atoms with Gasteiger partial charge in [-0.25, -0.2) is 4.79 Å². The Bertz CT molecular complexity index is 452. The van der Waals surface area contributed by atoms with Crippen molar-refractivity contribution in [3.8, 4) is 5.75 Å². The molecule has 0 saturated heterocycles. The second-order valence-corrected chi connectivity index (χ2v) is 3.99. The van der Waals surface area contributed by atoms with E-state index in [4.69, 9.17) is 0 Å². The summed E-state index contributed by atoms with van der Waals surface area (Å²) in [6.07, 6.45) is 3.99. The smallest absolute Gasteiger partial charge is 0.387 e. The molecule has 1 aliphatic rings. The molecule has 0 N–H and O–H groups in total. The minimum atomic E-state index is -2.85. The van der Waals surface area contributed by atoms with Crippen LogP contribution in [0.25, 0.3) is 0 Å². The van der Waals surface area contributed by atoms with Gasteiger partial charge < -0.3 is 4.74 Å². The van der Waals surface area contributed by atoms with E-state index in [1.165, 1.54) is 12.1 Å². The average molecular weight is 239 g/mol. The number of nitrogens with zero attached hydrogens (tertiary/aromatic N) is 1. The van der Waals surface area contributed by atoms with Crippen LogP contribution >= 0.6 is 0 Å². The number of alkyl halides is 2. The molecule has 17 heavy (non-hydrogen) atoms. The lowest BCUT2D eigenvalue weighted by atomic mass is 9.72. The van der Waals surface area contributed by atoms with Crippen LogP contribution in [0.2, 0.25) is 0 Å². The van der Waals surface area contributed by atoms with E-state index in [1.54, 1.807) is 18.2 Å². The molecule has 0 spiro atoms. The lowest BCUT2D eigenvalue weighted by Crippen LogP contribution is -2.31. The molecule has 0 bridgehead atoms. The lowest BCUT2D eigenvalue weighted by Gasteiger charge is -2.37. The SMILES string of the molecule is O=C=NC1(c2cccc(OC(F)F)c2)CCC1. The fraction of sp³-hybridized carbons (Fsp3) is 0.417. The van der Waals surface area contributed by atoms with Gasteiger partial charge in [-0.2, -0.15) is 13.8 Å². The molecule has 1 aromatic rings. The van der Waals surface area contributed by atoms with Crippen LogP contribution in [0.4, 0.5) is 8.78 Å². The van der Waals surface area contributed by atoms with E-state index in [2.05, 4.69) is 9.73 Å². The minimum Gasteiger partial charge on any atom is -0.435 e. The highest BCUT2D eigenvalue weighted by atomic mass is 19.3. The van der Waals surface area contributed by atoms with Gasteiger partial charge in [-0.05, 0) is 37.0 Å². The zero-order chi connectivity index (χ0) is 12.3. The minimum absolute atomic E-state index is 0.0878. The van der Waals surface area contributed by atoms with Crippen molar-refractivity contribution in [2.45, 2.75) is 31.4 Å². The van der Waals surface area contributed by atoms with Gasteiger partial charge in [0.15, 0.2) is 0 Å². The fourth-order valence-corrected chi connectivity index (χ4v) is 2.03. The van der Waals surface area contributed by atoms with Gasteiger partial charge in [0.1, 0.15) is 5.75 Å². The molecule has 1 aromatic carbocycles. The van der Waals surface area contributed by atoms with E-state index in [1.807, 2.05) is 0 Å². The Morgan fingerprint density at radius 1 is 1.41 bits per heavy atom. The Morgan fingerprint density at radius 2 is 2.18 bits per heavy atom. The topological polar surface area (TPSA) is 38.7 Å². The quantitative estimate of drug-likeness (QED) is 0.598. The Hall–Kier alpha value is -1.74. The Kier molecular flexibility index (Phi) is 3.20. The fourth-order valence-electron chi connectivity index (χ4n) is 2.03. The van der Waals surface area contributed by atoms with Gasteiger partial charge in [0.05, 0.1) is 5.54 Å². The van der Waals surface area contributed by atoms with Gasteiger partial charge in [-0.3, -0.25) is 0 Å². The lowest BCUT2D eigenvalue weighted by molar-refractivity contribution is -0.0499.